The largest absolute Gasteiger partial charge is 0.491 e. The van der Waals surface area contributed by atoms with Crippen LogP contribution in [0.25, 0.3) is 10.2 Å². The quantitative estimate of drug-likeness (QED) is 0.642. The molecule has 0 fully saturated rings. The van der Waals surface area contributed by atoms with Crippen molar-refractivity contribution in [3.63, 3.8) is 0 Å². The molecule has 0 saturated heterocycles. The first-order valence-corrected chi connectivity index (χ1v) is 9.58. The number of carbonyl (C=O) groups is 1. The Kier molecular flexibility index (Phi) is 5.44. The summed E-state index contributed by atoms with van der Waals surface area (Å²) in [5.74, 6) is 1.11. The molecule has 0 aliphatic heterocycles. The second kappa shape index (κ2) is 7.60. The highest BCUT2D eigenvalue weighted by molar-refractivity contribution is 7.20. The molecule has 0 unspecified atom stereocenters. The monoisotopic (exact) mass is 389 g/mol. The standard InChI is InChI=1S/C19H20ClN3O2S/c1-5-8-25-15-7-6-13(20)9-14(15)23-18(24)17-10(2)16-11(3)21-12(4)22-19(16)26-17/h6-7,9H,5,8H2,1-4H3,(H,23,24). The number of halogens is 1. The number of nitrogens with zero attached hydrogens (tertiary/aromatic N) is 2. The van der Waals surface area contributed by atoms with Gasteiger partial charge in [0.25, 0.3) is 5.91 Å². The van der Waals surface area contributed by atoms with Crippen molar-refractivity contribution in [3.05, 3.63) is 45.2 Å². The number of aryl methyl sites for hydroxylation is 3. The van der Waals surface area contributed by atoms with Gasteiger partial charge in [-0.15, -0.1) is 11.3 Å². The molecule has 0 saturated carbocycles. The minimum Gasteiger partial charge on any atom is -0.491 e. The fourth-order valence-electron chi connectivity index (χ4n) is 2.81. The number of rotatable bonds is 5. The van der Waals surface area contributed by atoms with Crippen molar-refractivity contribution < 1.29 is 9.53 Å². The first-order valence-electron chi connectivity index (χ1n) is 8.38. The van der Waals surface area contributed by atoms with Crippen LogP contribution in [0, 0.1) is 20.8 Å². The number of fused-ring (bicyclic) bond motifs is 1. The number of anilines is 1. The highest BCUT2D eigenvalue weighted by atomic mass is 35.5. The van der Waals surface area contributed by atoms with E-state index in [0.717, 1.165) is 27.9 Å². The normalized spacial score (nSPS) is 11.0. The van der Waals surface area contributed by atoms with Crippen LogP contribution in [-0.2, 0) is 0 Å². The van der Waals surface area contributed by atoms with Crippen LogP contribution in [0.3, 0.4) is 0 Å². The third-order valence-electron chi connectivity index (χ3n) is 3.94. The zero-order valence-corrected chi connectivity index (χ0v) is 16.7. The Morgan fingerprint density at radius 2 is 2.04 bits per heavy atom. The third-order valence-corrected chi connectivity index (χ3v) is 5.36. The lowest BCUT2D eigenvalue weighted by atomic mass is 10.1. The molecule has 7 heteroatoms. The number of benzene rings is 1. The average Bonchev–Trinajstić information content (AvgIpc) is 2.91. The molecule has 1 amide bonds. The maximum Gasteiger partial charge on any atom is 0.266 e. The van der Waals surface area contributed by atoms with Gasteiger partial charge in [-0.3, -0.25) is 4.79 Å². The van der Waals surface area contributed by atoms with Crippen molar-refractivity contribution in [2.75, 3.05) is 11.9 Å². The Bertz CT molecular complexity index is 985. The molecular weight excluding hydrogens is 370 g/mol. The number of hydrogen-bond acceptors (Lipinski definition) is 5. The molecule has 3 rings (SSSR count). The number of aromatic nitrogens is 2. The molecule has 0 radical (unpaired) electrons. The predicted molar refractivity (Wildman–Crippen MR) is 107 cm³/mol. The summed E-state index contributed by atoms with van der Waals surface area (Å²) in [6.07, 6.45) is 0.878. The molecule has 1 aromatic carbocycles. The van der Waals surface area contributed by atoms with Crippen molar-refractivity contribution in [1.82, 2.24) is 9.97 Å². The molecule has 2 aromatic heterocycles. The van der Waals surface area contributed by atoms with Crippen LogP contribution in [0.5, 0.6) is 5.75 Å². The summed E-state index contributed by atoms with van der Waals surface area (Å²) < 4.78 is 5.71. The van der Waals surface area contributed by atoms with Crippen molar-refractivity contribution in [3.8, 4) is 5.75 Å². The molecule has 2 heterocycles. The minimum absolute atomic E-state index is 0.203. The molecule has 26 heavy (non-hydrogen) atoms. The number of hydrogen-bond donors (Lipinski definition) is 1. The summed E-state index contributed by atoms with van der Waals surface area (Å²) in [5, 5.41) is 4.41. The van der Waals surface area contributed by atoms with Crippen LogP contribution in [0.15, 0.2) is 18.2 Å². The molecule has 0 atom stereocenters. The first kappa shape index (κ1) is 18.6. The Labute approximate surface area is 161 Å². The van der Waals surface area contributed by atoms with E-state index in [2.05, 4.69) is 15.3 Å². The van der Waals surface area contributed by atoms with Crippen LogP contribution in [-0.4, -0.2) is 22.5 Å². The summed E-state index contributed by atoms with van der Waals surface area (Å²) in [6.45, 7) is 8.31. The fraction of sp³-hybridized carbons (Fsp3) is 0.316. The van der Waals surface area contributed by atoms with E-state index in [4.69, 9.17) is 16.3 Å². The summed E-state index contributed by atoms with van der Waals surface area (Å²) in [6, 6.07) is 5.21. The lowest BCUT2D eigenvalue weighted by molar-refractivity contribution is 0.102. The molecule has 0 spiro atoms. The van der Waals surface area contributed by atoms with Crippen molar-refractivity contribution in [1.29, 1.82) is 0 Å². The number of amides is 1. The molecule has 136 valence electrons. The van der Waals surface area contributed by atoms with Gasteiger partial charge in [0.05, 0.1) is 17.2 Å². The van der Waals surface area contributed by atoms with E-state index >= 15 is 0 Å². The van der Waals surface area contributed by atoms with Gasteiger partial charge in [0.1, 0.15) is 16.4 Å². The summed E-state index contributed by atoms with van der Waals surface area (Å²) in [5.41, 5.74) is 2.33. The second-order valence-corrected chi connectivity index (χ2v) is 7.47. The second-order valence-electron chi connectivity index (χ2n) is 6.04. The van der Waals surface area contributed by atoms with E-state index in [1.54, 1.807) is 18.2 Å². The van der Waals surface area contributed by atoms with Gasteiger partial charge in [-0.2, -0.15) is 0 Å². The maximum atomic E-state index is 12.9. The van der Waals surface area contributed by atoms with Crippen molar-refractivity contribution in [2.24, 2.45) is 0 Å². The summed E-state index contributed by atoms with van der Waals surface area (Å²) >= 11 is 7.46. The smallest absolute Gasteiger partial charge is 0.266 e. The third kappa shape index (κ3) is 3.66. The van der Waals surface area contributed by atoms with Crippen molar-refractivity contribution in [2.45, 2.75) is 34.1 Å². The van der Waals surface area contributed by atoms with E-state index in [1.807, 2.05) is 27.7 Å². The van der Waals surface area contributed by atoms with E-state index in [-0.39, 0.29) is 5.91 Å². The van der Waals surface area contributed by atoms with Gasteiger partial charge < -0.3 is 10.1 Å². The van der Waals surface area contributed by atoms with Crippen LogP contribution in [0.1, 0.15) is 40.1 Å². The van der Waals surface area contributed by atoms with E-state index < -0.39 is 0 Å². The Hall–Kier alpha value is -2.18. The van der Waals surface area contributed by atoms with Gasteiger partial charge in [0.15, 0.2) is 0 Å². The molecular formula is C19H20ClN3O2S. The Morgan fingerprint density at radius 1 is 1.27 bits per heavy atom. The molecule has 0 bridgehead atoms. The van der Waals surface area contributed by atoms with Gasteiger partial charge in [0.2, 0.25) is 0 Å². The molecule has 0 aliphatic rings. The van der Waals surface area contributed by atoms with Crippen LogP contribution in [0.2, 0.25) is 5.02 Å². The van der Waals surface area contributed by atoms with Gasteiger partial charge in [-0.05, 0) is 51.0 Å². The lowest BCUT2D eigenvalue weighted by Crippen LogP contribution is -2.12. The van der Waals surface area contributed by atoms with Gasteiger partial charge in [-0.1, -0.05) is 18.5 Å². The molecule has 3 aromatic rings. The minimum atomic E-state index is -0.203. The summed E-state index contributed by atoms with van der Waals surface area (Å²) in [7, 11) is 0. The first-order chi connectivity index (χ1) is 12.4. The summed E-state index contributed by atoms with van der Waals surface area (Å²) in [4.78, 5) is 23.2. The lowest BCUT2D eigenvalue weighted by Gasteiger charge is -2.12. The van der Waals surface area contributed by atoms with Crippen molar-refractivity contribution >= 4 is 44.7 Å². The highest BCUT2D eigenvalue weighted by Crippen LogP contribution is 2.33. The molecule has 1 N–H and O–H groups in total. The Balaban J connectivity index is 1.96. The van der Waals surface area contributed by atoms with E-state index in [1.165, 1.54) is 11.3 Å². The Morgan fingerprint density at radius 3 is 2.77 bits per heavy atom. The zero-order chi connectivity index (χ0) is 18.8. The number of nitrogens with one attached hydrogen (secondary N) is 1. The van der Waals surface area contributed by atoms with Crippen LogP contribution < -0.4 is 10.1 Å². The predicted octanol–water partition coefficient (Wildman–Crippen LogP) is 5.31. The number of thiophene rings is 1. The van der Waals surface area contributed by atoms with Crippen LogP contribution in [0.4, 0.5) is 5.69 Å². The molecule has 5 nitrogen and oxygen atoms in total. The van der Waals surface area contributed by atoms with Gasteiger partial charge in [-0.25, -0.2) is 9.97 Å². The van der Waals surface area contributed by atoms with E-state index in [0.29, 0.717) is 33.8 Å². The topological polar surface area (TPSA) is 64.1 Å². The number of carbonyl (C=O) groups excluding carboxylic acids is 1. The average molecular weight is 390 g/mol. The van der Waals surface area contributed by atoms with Gasteiger partial charge in [0, 0.05) is 16.1 Å². The SMILES string of the molecule is CCCOc1ccc(Cl)cc1NC(=O)c1sc2nc(C)nc(C)c2c1C. The fourth-order valence-corrected chi connectivity index (χ4v) is 4.15. The zero-order valence-electron chi connectivity index (χ0n) is 15.1. The highest BCUT2D eigenvalue weighted by Gasteiger charge is 2.20. The van der Waals surface area contributed by atoms with Gasteiger partial charge >= 0.3 is 0 Å². The maximum absolute atomic E-state index is 12.9. The molecule has 0 aliphatic carbocycles. The number of ether oxygens (including phenoxy) is 1. The van der Waals surface area contributed by atoms with E-state index in [9.17, 15) is 4.79 Å². The van der Waals surface area contributed by atoms with Crippen LogP contribution >= 0.6 is 22.9 Å².